The quantitative estimate of drug-likeness (QED) is 0.780. The summed E-state index contributed by atoms with van der Waals surface area (Å²) >= 11 is 0. The van der Waals surface area contributed by atoms with Crippen LogP contribution in [0, 0.1) is 0 Å². The van der Waals surface area contributed by atoms with Crippen LogP contribution in [-0.2, 0) is 11.2 Å². The maximum atomic E-state index is 5.85. The van der Waals surface area contributed by atoms with Gasteiger partial charge >= 0.3 is 0 Å². The third kappa shape index (κ3) is 3.14. The molecule has 0 saturated carbocycles. The fraction of sp³-hybridized carbons (Fsp3) is 0.294. The minimum absolute atomic E-state index is 0. The maximum Gasteiger partial charge on any atom is 0.0649 e. The monoisotopic (exact) mass is 289 g/mol. The van der Waals surface area contributed by atoms with Crippen molar-refractivity contribution >= 4 is 23.8 Å². The Labute approximate surface area is 126 Å². The van der Waals surface area contributed by atoms with Gasteiger partial charge in [0.2, 0.25) is 0 Å². The summed E-state index contributed by atoms with van der Waals surface area (Å²) in [5.41, 5.74) is 3.90. The predicted octanol–water partition coefficient (Wildman–Crippen LogP) is 4.21. The van der Waals surface area contributed by atoms with Gasteiger partial charge < -0.3 is 9.64 Å². The number of hydrogen-bond donors (Lipinski definition) is 0. The number of benzene rings is 2. The number of halogens is 1. The van der Waals surface area contributed by atoms with Gasteiger partial charge in [-0.2, -0.15) is 0 Å². The van der Waals surface area contributed by atoms with Crippen molar-refractivity contribution < 1.29 is 4.74 Å². The zero-order valence-corrected chi connectivity index (χ0v) is 12.5. The Hall–Kier alpha value is -1.51. The molecule has 1 atom stereocenters. The molecule has 2 aromatic rings. The van der Waals surface area contributed by atoms with Gasteiger partial charge in [-0.15, -0.1) is 12.4 Å². The number of hydrogen-bond acceptors (Lipinski definition) is 2. The molecule has 0 bridgehead atoms. The number of rotatable bonds is 1. The SMILES string of the molecule is CC1Cc2ccccc2N(c2ccccc2)CCO1.Cl. The van der Waals surface area contributed by atoms with Gasteiger partial charge in [-0.05, 0) is 30.7 Å². The molecule has 3 heteroatoms. The standard InChI is InChI=1S/C17H19NO.ClH/c1-14-13-15-7-5-6-10-17(15)18(11-12-19-14)16-8-3-2-4-9-16;/h2-10,14H,11-13H2,1H3;1H. The summed E-state index contributed by atoms with van der Waals surface area (Å²) < 4.78 is 5.85. The fourth-order valence-corrected chi connectivity index (χ4v) is 2.66. The molecule has 106 valence electrons. The number of ether oxygens (including phenoxy) is 1. The number of nitrogens with zero attached hydrogens (tertiary/aromatic N) is 1. The third-order valence-corrected chi connectivity index (χ3v) is 3.57. The zero-order valence-electron chi connectivity index (χ0n) is 11.7. The van der Waals surface area contributed by atoms with Crippen LogP contribution < -0.4 is 4.90 Å². The summed E-state index contributed by atoms with van der Waals surface area (Å²) in [6.07, 6.45) is 1.26. The molecule has 0 N–H and O–H groups in total. The van der Waals surface area contributed by atoms with Crippen LogP contribution in [-0.4, -0.2) is 19.3 Å². The molecule has 2 nitrogen and oxygen atoms in total. The molecular formula is C17H20ClNO. The second-order valence-corrected chi connectivity index (χ2v) is 5.00. The van der Waals surface area contributed by atoms with E-state index < -0.39 is 0 Å². The fourth-order valence-electron chi connectivity index (χ4n) is 2.66. The van der Waals surface area contributed by atoms with Crippen molar-refractivity contribution in [3.63, 3.8) is 0 Å². The second-order valence-electron chi connectivity index (χ2n) is 5.00. The van der Waals surface area contributed by atoms with Gasteiger partial charge in [-0.1, -0.05) is 36.4 Å². The second kappa shape index (κ2) is 6.78. The van der Waals surface area contributed by atoms with Gasteiger partial charge in [0, 0.05) is 24.3 Å². The Morgan fingerprint density at radius 2 is 1.70 bits per heavy atom. The van der Waals surface area contributed by atoms with Crippen molar-refractivity contribution in [1.29, 1.82) is 0 Å². The van der Waals surface area contributed by atoms with E-state index in [1.165, 1.54) is 16.9 Å². The van der Waals surface area contributed by atoms with Gasteiger partial charge in [-0.3, -0.25) is 0 Å². The lowest BCUT2D eigenvalue weighted by Gasteiger charge is -2.31. The van der Waals surface area contributed by atoms with Crippen molar-refractivity contribution in [2.24, 2.45) is 0 Å². The van der Waals surface area contributed by atoms with Gasteiger partial charge in [0.05, 0.1) is 12.7 Å². The molecule has 1 heterocycles. The molecule has 1 aliphatic rings. The van der Waals surface area contributed by atoms with Crippen molar-refractivity contribution in [3.05, 3.63) is 60.2 Å². The molecule has 0 aliphatic carbocycles. The van der Waals surface area contributed by atoms with Crippen LogP contribution in [0.5, 0.6) is 0 Å². The summed E-state index contributed by atoms with van der Waals surface area (Å²) in [4.78, 5) is 2.35. The van der Waals surface area contributed by atoms with Crippen LogP contribution in [0.4, 0.5) is 11.4 Å². The van der Waals surface area contributed by atoms with Gasteiger partial charge in [0.15, 0.2) is 0 Å². The Balaban J connectivity index is 0.00000147. The summed E-state index contributed by atoms with van der Waals surface area (Å²) in [5.74, 6) is 0. The Morgan fingerprint density at radius 1 is 1.00 bits per heavy atom. The van der Waals surface area contributed by atoms with E-state index in [1.807, 2.05) is 0 Å². The molecule has 0 saturated heterocycles. The van der Waals surface area contributed by atoms with E-state index in [2.05, 4.69) is 66.4 Å². The first-order valence-electron chi connectivity index (χ1n) is 6.87. The van der Waals surface area contributed by atoms with Crippen molar-refractivity contribution in [1.82, 2.24) is 0 Å². The molecular weight excluding hydrogens is 270 g/mol. The van der Waals surface area contributed by atoms with Crippen LogP contribution >= 0.6 is 12.4 Å². The van der Waals surface area contributed by atoms with E-state index in [9.17, 15) is 0 Å². The van der Waals surface area contributed by atoms with Crippen LogP contribution in [0.1, 0.15) is 12.5 Å². The molecule has 0 amide bonds. The molecule has 0 radical (unpaired) electrons. The lowest BCUT2D eigenvalue weighted by molar-refractivity contribution is 0.0703. The smallest absolute Gasteiger partial charge is 0.0649 e. The number of anilines is 2. The van der Waals surface area contributed by atoms with Crippen LogP contribution in [0.15, 0.2) is 54.6 Å². The average Bonchev–Trinajstić information content (AvgIpc) is 2.43. The van der Waals surface area contributed by atoms with Crippen molar-refractivity contribution in [2.75, 3.05) is 18.1 Å². The molecule has 2 aromatic carbocycles. The lowest BCUT2D eigenvalue weighted by atomic mass is 10.0. The predicted molar refractivity (Wildman–Crippen MR) is 86.3 cm³/mol. The first kappa shape index (κ1) is 14.9. The van der Waals surface area contributed by atoms with E-state index >= 15 is 0 Å². The number of fused-ring (bicyclic) bond motifs is 1. The molecule has 20 heavy (non-hydrogen) atoms. The minimum Gasteiger partial charge on any atom is -0.376 e. The summed E-state index contributed by atoms with van der Waals surface area (Å²) in [6.45, 7) is 3.81. The normalized spacial score (nSPS) is 18.4. The maximum absolute atomic E-state index is 5.85. The highest BCUT2D eigenvalue weighted by atomic mass is 35.5. The molecule has 0 fully saturated rings. The minimum atomic E-state index is 0. The van der Waals surface area contributed by atoms with Crippen molar-refractivity contribution in [2.45, 2.75) is 19.4 Å². The first-order valence-corrected chi connectivity index (χ1v) is 6.87. The first-order chi connectivity index (χ1) is 9.34. The summed E-state index contributed by atoms with van der Waals surface area (Å²) in [7, 11) is 0. The summed E-state index contributed by atoms with van der Waals surface area (Å²) in [6, 6.07) is 19.2. The highest BCUT2D eigenvalue weighted by molar-refractivity contribution is 5.85. The van der Waals surface area contributed by atoms with E-state index in [4.69, 9.17) is 4.74 Å². The summed E-state index contributed by atoms with van der Waals surface area (Å²) in [5, 5.41) is 0. The van der Waals surface area contributed by atoms with E-state index in [0.717, 1.165) is 19.6 Å². The van der Waals surface area contributed by atoms with Gasteiger partial charge in [0.25, 0.3) is 0 Å². The largest absolute Gasteiger partial charge is 0.376 e. The lowest BCUT2D eigenvalue weighted by Crippen LogP contribution is -2.29. The topological polar surface area (TPSA) is 12.5 Å². The Kier molecular flexibility index (Phi) is 5.05. The van der Waals surface area contributed by atoms with Crippen molar-refractivity contribution in [3.8, 4) is 0 Å². The van der Waals surface area contributed by atoms with E-state index in [0.29, 0.717) is 6.10 Å². The molecule has 3 rings (SSSR count). The van der Waals surface area contributed by atoms with Crippen LogP contribution in [0.2, 0.25) is 0 Å². The van der Waals surface area contributed by atoms with Crippen LogP contribution in [0.25, 0.3) is 0 Å². The average molecular weight is 290 g/mol. The Morgan fingerprint density at radius 3 is 2.50 bits per heavy atom. The van der Waals surface area contributed by atoms with Gasteiger partial charge in [0.1, 0.15) is 0 Å². The van der Waals surface area contributed by atoms with E-state index in [-0.39, 0.29) is 12.4 Å². The van der Waals surface area contributed by atoms with Gasteiger partial charge in [-0.25, -0.2) is 0 Å². The van der Waals surface area contributed by atoms with E-state index in [1.54, 1.807) is 0 Å². The zero-order chi connectivity index (χ0) is 13.1. The Bertz CT molecular complexity index is 544. The third-order valence-electron chi connectivity index (χ3n) is 3.57. The molecule has 1 aliphatic heterocycles. The highest BCUT2D eigenvalue weighted by Crippen LogP contribution is 2.30. The van der Waals surface area contributed by atoms with Crippen LogP contribution in [0.3, 0.4) is 0 Å². The highest BCUT2D eigenvalue weighted by Gasteiger charge is 2.18. The molecule has 0 aromatic heterocycles. The molecule has 0 spiro atoms. The number of para-hydroxylation sites is 2. The molecule has 1 unspecified atom stereocenters.